The van der Waals surface area contributed by atoms with E-state index in [0.717, 1.165) is 0 Å². The number of nitro groups is 1. The number of hydrazone groups is 1. The number of amides is 1. The lowest BCUT2D eigenvalue weighted by Crippen LogP contribution is -2.24. The minimum atomic E-state index is -0.506. The van der Waals surface area contributed by atoms with E-state index in [1.807, 2.05) is 6.07 Å². The van der Waals surface area contributed by atoms with Crippen LogP contribution in [0.3, 0.4) is 0 Å². The minimum absolute atomic E-state index is 0.0225. The molecule has 0 aliphatic heterocycles. The summed E-state index contributed by atoms with van der Waals surface area (Å²) in [6, 6.07) is 14.8. The van der Waals surface area contributed by atoms with Crippen LogP contribution < -0.4 is 10.2 Å². The maximum Gasteiger partial charge on any atom is 0.277 e. The van der Waals surface area contributed by atoms with Gasteiger partial charge in [-0.2, -0.15) is 10.4 Å². The molecule has 0 fully saturated rings. The van der Waals surface area contributed by atoms with Crippen molar-refractivity contribution in [2.24, 2.45) is 5.10 Å². The zero-order chi connectivity index (χ0) is 18.8. The maximum atomic E-state index is 11.6. The molecule has 2 rings (SSSR count). The number of nitrogens with one attached hydrogen (secondary N) is 1. The van der Waals surface area contributed by atoms with Gasteiger partial charge in [-0.3, -0.25) is 14.9 Å². The first-order chi connectivity index (χ1) is 12.6. The average Bonchev–Trinajstić information content (AvgIpc) is 2.66. The fourth-order valence-electron chi connectivity index (χ4n) is 1.95. The molecule has 0 aliphatic rings. The predicted octanol–water partition coefficient (Wildman–Crippen LogP) is 2.66. The van der Waals surface area contributed by atoms with Crippen molar-refractivity contribution >= 4 is 23.9 Å². The van der Waals surface area contributed by atoms with Crippen LogP contribution in [0.25, 0.3) is 6.08 Å². The van der Waals surface area contributed by atoms with E-state index >= 15 is 0 Å². The summed E-state index contributed by atoms with van der Waals surface area (Å²) in [7, 11) is 0. The van der Waals surface area contributed by atoms with Crippen LogP contribution in [0.5, 0.6) is 5.75 Å². The van der Waals surface area contributed by atoms with Gasteiger partial charge in [-0.15, -0.1) is 0 Å². The van der Waals surface area contributed by atoms with Crippen molar-refractivity contribution < 1.29 is 14.5 Å². The van der Waals surface area contributed by atoms with E-state index in [9.17, 15) is 14.9 Å². The van der Waals surface area contributed by atoms with Gasteiger partial charge in [-0.25, -0.2) is 5.43 Å². The van der Waals surface area contributed by atoms with Crippen molar-refractivity contribution in [3.63, 3.8) is 0 Å². The molecule has 0 aliphatic carbocycles. The van der Waals surface area contributed by atoms with Gasteiger partial charge in [0.25, 0.3) is 11.6 Å². The van der Waals surface area contributed by atoms with Crippen molar-refractivity contribution in [1.82, 2.24) is 5.43 Å². The molecular weight excluding hydrogens is 336 g/mol. The molecule has 0 aromatic heterocycles. The number of rotatable bonds is 7. The van der Waals surface area contributed by atoms with E-state index < -0.39 is 10.8 Å². The lowest BCUT2D eigenvalue weighted by atomic mass is 10.2. The Morgan fingerprint density at radius 1 is 1.27 bits per heavy atom. The van der Waals surface area contributed by atoms with Gasteiger partial charge in [-0.05, 0) is 30.4 Å². The second kappa shape index (κ2) is 9.34. The fraction of sp³-hybridized carbons (Fsp3) is 0.0556. The summed E-state index contributed by atoms with van der Waals surface area (Å²) < 4.78 is 5.26. The molecule has 1 N–H and O–H groups in total. The summed E-state index contributed by atoms with van der Waals surface area (Å²) in [5.41, 5.74) is 2.98. The maximum absolute atomic E-state index is 11.6. The highest BCUT2D eigenvalue weighted by Gasteiger charge is 2.08. The topological polar surface area (TPSA) is 118 Å². The third kappa shape index (κ3) is 5.28. The highest BCUT2D eigenvalue weighted by molar-refractivity contribution is 5.82. The van der Waals surface area contributed by atoms with Crippen LogP contribution in [0, 0.1) is 21.4 Å². The molecular formula is C18H14N4O4. The zero-order valence-electron chi connectivity index (χ0n) is 13.5. The monoisotopic (exact) mass is 350 g/mol. The summed E-state index contributed by atoms with van der Waals surface area (Å²) in [6.45, 7) is -0.302. The van der Waals surface area contributed by atoms with Gasteiger partial charge in [0, 0.05) is 12.3 Å². The number of para-hydroxylation sites is 2. The number of carbonyl (C=O) groups excluding carboxylic acids is 1. The second-order valence-corrected chi connectivity index (χ2v) is 4.88. The molecule has 0 heterocycles. The second-order valence-electron chi connectivity index (χ2n) is 4.88. The molecule has 0 unspecified atom stereocenters. The molecule has 26 heavy (non-hydrogen) atoms. The van der Waals surface area contributed by atoms with Crippen molar-refractivity contribution in [2.75, 3.05) is 6.61 Å². The quantitative estimate of drug-likeness (QED) is 0.468. The molecule has 0 atom stereocenters. The number of ether oxygens (including phenoxy) is 1. The van der Waals surface area contributed by atoms with Gasteiger partial charge >= 0.3 is 0 Å². The number of carbonyl (C=O) groups is 1. The first-order valence-corrected chi connectivity index (χ1v) is 7.45. The van der Waals surface area contributed by atoms with Gasteiger partial charge in [0.15, 0.2) is 6.61 Å². The number of benzene rings is 2. The molecule has 2 aromatic carbocycles. The van der Waals surface area contributed by atoms with E-state index in [-0.39, 0.29) is 12.3 Å². The van der Waals surface area contributed by atoms with Crippen molar-refractivity contribution in [3.8, 4) is 11.8 Å². The summed E-state index contributed by atoms with van der Waals surface area (Å²) in [5, 5.41) is 23.5. The van der Waals surface area contributed by atoms with Crippen molar-refractivity contribution in [2.45, 2.75) is 0 Å². The van der Waals surface area contributed by atoms with Gasteiger partial charge in [0.05, 0.1) is 16.1 Å². The number of hydrogen-bond donors (Lipinski definition) is 1. The minimum Gasteiger partial charge on any atom is -0.482 e. The highest BCUT2D eigenvalue weighted by Crippen LogP contribution is 2.18. The van der Waals surface area contributed by atoms with Crippen molar-refractivity contribution in [3.05, 3.63) is 75.8 Å². The van der Waals surface area contributed by atoms with Crippen LogP contribution in [-0.2, 0) is 4.79 Å². The predicted molar refractivity (Wildman–Crippen MR) is 95.4 cm³/mol. The van der Waals surface area contributed by atoms with Crippen LogP contribution >= 0.6 is 0 Å². The number of nitro benzene ring substituents is 1. The molecule has 0 spiro atoms. The Balaban J connectivity index is 1.84. The van der Waals surface area contributed by atoms with E-state index in [1.165, 1.54) is 24.4 Å². The third-order valence-corrected chi connectivity index (χ3v) is 3.13. The molecule has 0 saturated carbocycles. The Kier molecular flexibility index (Phi) is 6.59. The Bertz CT molecular complexity index is 900. The normalized spacial score (nSPS) is 10.6. The van der Waals surface area contributed by atoms with Crippen LogP contribution in [0.15, 0.2) is 59.7 Å². The van der Waals surface area contributed by atoms with Crippen LogP contribution in [0.1, 0.15) is 11.1 Å². The van der Waals surface area contributed by atoms with Gasteiger partial charge < -0.3 is 4.74 Å². The van der Waals surface area contributed by atoms with Gasteiger partial charge in [-0.1, -0.05) is 24.3 Å². The van der Waals surface area contributed by atoms with Crippen LogP contribution in [-0.4, -0.2) is 23.7 Å². The number of nitrogens with zero attached hydrogens (tertiary/aromatic N) is 3. The molecule has 1 amide bonds. The Hall–Kier alpha value is -3.99. The number of allylic oxidation sites excluding steroid dienone is 1. The van der Waals surface area contributed by atoms with E-state index in [4.69, 9.17) is 10.00 Å². The summed E-state index contributed by atoms with van der Waals surface area (Å²) >= 11 is 0. The number of hydrogen-bond acceptors (Lipinski definition) is 6. The molecule has 0 saturated heterocycles. The van der Waals surface area contributed by atoms with E-state index in [0.29, 0.717) is 16.9 Å². The smallest absolute Gasteiger partial charge is 0.277 e. The SMILES string of the molecule is N#Cc1ccccc1OCC(=O)N/N=C/C=C/c1ccccc1[N+](=O)[O-]. The highest BCUT2D eigenvalue weighted by atomic mass is 16.6. The molecule has 8 heteroatoms. The molecule has 130 valence electrons. The first kappa shape index (κ1) is 18.4. The first-order valence-electron chi connectivity index (χ1n) is 7.45. The number of nitriles is 1. The van der Waals surface area contributed by atoms with E-state index in [2.05, 4.69) is 10.5 Å². The Morgan fingerprint density at radius 3 is 2.77 bits per heavy atom. The van der Waals surface area contributed by atoms with Crippen molar-refractivity contribution in [1.29, 1.82) is 5.26 Å². The largest absolute Gasteiger partial charge is 0.482 e. The van der Waals surface area contributed by atoms with Crippen LogP contribution in [0.4, 0.5) is 5.69 Å². The molecule has 0 radical (unpaired) electrons. The molecule has 8 nitrogen and oxygen atoms in total. The Labute approximate surface area is 149 Å². The molecule has 0 bridgehead atoms. The lowest BCUT2D eigenvalue weighted by Gasteiger charge is -2.05. The fourth-order valence-corrected chi connectivity index (χ4v) is 1.95. The summed E-state index contributed by atoms with van der Waals surface area (Å²) in [5.74, 6) is -0.196. The van der Waals surface area contributed by atoms with Crippen LogP contribution in [0.2, 0.25) is 0 Å². The Morgan fingerprint density at radius 2 is 2.00 bits per heavy atom. The van der Waals surface area contributed by atoms with Gasteiger partial charge in [0.1, 0.15) is 11.8 Å². The average molecular weight is 350 g/mol. The standard InChI is InChI=1S/C18H14N4O4/c19-12-15-7-2-4-10-17(15)26-13-18(23)21-20-11-5-8-14-6-1-3-9-16(14)22(24)25/h1-11H,13H2,(H,21,23)/b8-5+,20-11+. The summed E-state index contributed by atoms with van der Waals surface area (Å²) in [6.07, 6.45) is 4.26. The van der Waals surface area contributed by atoms with E-state index in [1.54, 1.807) is 42.5 Å². The zero-order valence-corrected chi connectivity index (χ0v) is 13.5. The third-order valence-electron chi connectivity index (χ3n) is 3.13. The lowest BCUT2D eigenvalue weighted by molar-refractivity contribution is -0.385. The van der Waals surface area contributed by atoms with Gasteiger partial charge in [0.2, 0.25) is 0 Å². The molecule has 2 aromatic rings. The summed E-state index contributed by atoms with van der Waals surface area (Å²) in [4.78, 5) is 22.1.